The van der Waals surface area contributed by atoms with Crippen molar-refractivity contribution in [2.45, 2.75) is 31.7 Å². The van der Waals surface area contributed by atoms with Gasteiger partial charge < -0.3 is 14.6 Å². The molecule has 2 atom stereocenters. The van der Waals surface area contributed by atoms with Crippen LogP contribution >= 0.6 is 0 Å². The van der Waals surface area contributed by atoms with Crippen LogP contribution < -0.4 is 0 Å². The van der Waals surface area contributed by atoms with Gasteiger partial charge >= 0.3 is 0 Å². The molecule has 3 heteroatoms. The van der Waals surface area contributed by atoms with Crippen molar-refractivity contribution >= 4 is 0 Å². The lowest BCUT2D eigenvalue weighted by Gasteiger charge is -2.24. The molecule has 68 valence electrons. The first-order valence-electron chi connectivity index (χ1n) is 4.21. The summed E-state index contributed by atoms with van der Waals surface area (Å²) in [4.78, 5) is 0. The molecule has 0 aromatic rings. The van der Waals surface area contributed by atoms with E-state index >= 15 is 0 Å². The molecule has 0 aromatic heterocycles. The maximum absolute atomic E-state index is 8.73. The third-order valence-electron chi connectivity index (χ3n) is 1.81. The largest absolute Gasteiger partial charge is 0.393 e. The molecule has 2 unspecified atom stereocenters. The molecule has 0 spiro atoms. The minimum Gasteiger partial charge on any atom is -0.393 e. The van der Waals surface area contributed by atoms with Crippen molar-refractivity contribution in [2.24, 2.45) is 0 Å². The van der Waals surface area contributed by atoms with E-state index in [4.69, 9.17) is 21.0 Å². The number of rotatable bonds is 3. The molecule has 12 heavy (non-hydrogen) atoms. The summed E-state index contributed by atoms with van der Waals surface area (Å²) in [6.45, 7) is 0.587. The molecule has 1 N–H and O–H groups in total. The Hall–Kier alpha value is -0.560. The van der Waals surface area contributed by atoms with Crippen LogP contribution in [0, 0.1) is 12.3 Å². The van der Waals surface area contributed by atoms with Gasteiger partial charge in [0.05, 0.1) is 6.61 Å². The Morgan fingerprint density at radius 1 is 1.67 bits per heavy atom. The summed E-state index contributed by atoms with van der Waals surface area (Å²) in [5.41, 5.74) is 0. The Balaban J connectivity index is 2.24. The summed E-state index contributed by atoms with van der Waals surface area (Å²) in [6, 6.07) is 0. The highest BCUT2D eigenvalue weighted by Crippen LogP contribution is 2.14. The molecule has 0 saturated carbocycles. The Labute approximate surface area is 72.7 Å². The zero-order chi connectivity index (χ0) is 8.81. The predicted octanol–water partition coefficient (Wildman–Crippen LogP) is 0.524. The molecular formula is C9H14O3. The van der Waals surface area contributed by atoms with Gasteiger partial charge in [0.1, 0.15) is 6.10 Å². The number of ether oxygens (including phenoxy) is 2. The van der Waals surface area contributed by atoms with E-state index in [0.29, 0.717) is 0 Å². The van der Waals surface area contributed by atoms with Gasteiger partial charge in [-0.2, -0.15) is 0 Å². The maximum atomic E-state index is 8.73. The standard InChI is InChI=1S/C9H14O3/c1-2-8(7-10)12-9-5-3-4-6-11-9/h1,8-10H,3-7H2. The summed E-state index contributed by atoms with van der Waals surface area (Å²) in [5, 5.41) is 8.73. The summed E-state index contributed by atoms with van der Waals surface area (Å²) < 4.78 is 10.6. The molecule has 1 aliphatic rings. The van der Waals surface area contributed by atoms with Gasteiger partial charge in [0.15, 0.2) is 6.29 Å². The molecule has 0 aromatic carbocycles. The summed E-state index contributed by atoms with van der Waals surface area (Å²) in [6.07, 6.45) is 7.43. The molecule has 3 nitrogen and oxygen atoms in total. The Morgan fingerprint density at radius 3 is 3.00 bits per heavy atom. The second-order valence-electron chi connectivity index (χ2n) is 2.77. The highest BCUT2D eigenvalue weighted by atomic mass is 16.7. The zero-order valence-corrected chi connectivity index (χ0v) is 7.03. The highest BCUT2D eigenvalue weighted by Gasteiger charge is 2.17. The second kappa shape index (κ2) is 5.15. The third kappa shape index (κ3) is 2.82. The SMILES string of the molecule is C#CC(CO)OC1CCCCO1. The molecule has 0 aliphatic carbocycles. The number of terminal acetylenes is 1. The van der Waals surface area contributed by atoms with E-state index in [1.54, 1.807) is 0 Å². The summed E-state index contributed by atoms with van der Waals surface area (Å²) in [5.74, 6) is 2.35. The van der Waals surface area contributed by atoms with Crippen LogP contribution in [0.4, 0.5) is 0 Å². The molecule has 1 aliphatic heterocycles. The highest BCUT2D eigenvalue weighted by molar-refractivity contribution is 4.94. The van der Waals surface area contributed by atoms with Crippen LogP contribution in [0.15, 0.2) is 0 Å². The smallest absolute Gasteiger partial charge is 0.159 e. The van der Waals surface area contributed by atoms with Crippen LogP contribution in [-0.4, -0.2) is 30.7 Å². The molecule has 0 bridgehead atoms. The molecule has 0 radical (unpaired) electrons. The second-order valence-corrected chi connectivity index (χ2v) is 2.77. The fourth-order valence-electron chi connectivity index (χ4n) is 1.14. The lowest BCUT2D eigenvalue weighted by Crippen LogP contribution is -2.28. The van der Waals surface area contributed by atoms with Crippen LogP contribution in [-0.2, 0) is 9.47 Å². The molecule has 1 fully saturated rings. The number of hydrogen-bond donors (Lipinski definition) is 1. The average Bonchev–Trinajstić information content (AvgIpc) is 2.16. The Morgan fingerprint density at radius 2 is 2.50 bits per heavy atom. The van der Waals surface area contributed by atoms with Crippen molar-refractivity contribution in [3.63, 3.8) is 0 Å². The van der Waals surface area contributed by atoms with E-state index < -0.39 is 6.10 Å². The first-order valence-corrected chi connectivity index (χ1v) is 4.21. The monoisotopic (exact) mass is 170 g/mol. The van der Waals surface area contributed by atoms with Gasteiger partial charge in [0, 0.05) is 6.61 Å². The maximum Gasteiger partial charge on any atom is 0.159 e. The van der Waals surface area contributed by atoms with Crippen LogP contribution in [0.1, 0.15) is 19.3 Å². The van der Waals surface area contributed by atoms with Crippen LogP contribution in [0.3, 0.4) is 0 Å². The van der Waals surface area contributed by atoms with Crippen molar-refractivity contribution < 1.29 is 14.6 Å². The van der Waals surface area contributed by atoms with Crippen molar-refractivity contribution in [1.82, 2.24) is 0 Å². The van der Waals surface area contributed by atoms with Crippen molar-refractivity contribution in [3.8, 4) is 12.3 Å². The number of aliphatic hydroxyl groups is 1. The van der Waals surface area contributed by atoms with Gasteiger partial charge in [-0.1, -0.05) is 5.92 Å². The lowest BCUT2D eigenvalue weighted by atomic mass is 10.2. The van der Waals surface area contributed by atoms with Crippen molar-refractivity contribution in [3.05, 3.63) is 0 Å². The van der Waals surface area contributed by atoms with E-state index in [-0.39, 0.29) is 12.9 Å². The molecule has 1 saturated heterocycles. The van der Waals surface area contributed by atoms with E-state index in [2.05, 4.69) is 5.92 Å². The zero-order valence-electron chi connectivity index (χ0n) is 7.03. The van der Waals surface area contributed by atoms with E-state index in [1.807, 2.05) is 0 Å². The van der Waals surface area contributed by atoms with Crippen LogP contribution in [0.2, 0.25) is 0 Å². The molecule has 1 rings (SSSR count). The summed E-state index contributed by atoms with van der Waals surface area (Å²) >= 11 is 0. The topological polar surface area (TPSA) is 38.7 Å². The average molecular weight is 170 g/mol. The van der Waals surface area contributed by atoms with Gasteiger partial charge in [-0.25, -0.2) is 0 Å². The quantitative estimate of drug-likeness (QED) is 0.628. The fraction of sp³-hybridized carbons (Fsp3) is 0.778. The van der Waals surface area contributed by atoms with Gasteiger partial charge in [-0.3, -0.25) is 0 Å². The van der Waals surface area contributed by atoms with Gasteiger partial charge in [-0.05, 0) is 19.3 Å². The molecule has 0 amide bonds. The minimum absolute atomic E-state index is 0.142. The van der Waals surface area contributed by atoms with Crippen molar-refractivity contribution in [2.75, 3.05) is 13.2 Å². The van der Waals surface area contributed by atoms with E-state index in [1.165, 1.54) is 0 Å². The third-order valence-corrected chi connectivity index (χ3v) is 1.81. The van der Waals surface area contributed by atoms with Crippen LogP contribution in [0.5, 0.6) is 0 Å². The molecule has 1 heterocycles. The van der Waals surface area contributed by atoms with Gasteiger partial charge in [0.25, 0.3) is 0 Å². The Kier molecular flexibility index (Phi) is 4.09. The minimum atomic E-state index is -0.520. The lowest BCUT2D eigenvalue weighted by molar-refractivity contribution is -0.182. The first-order chi connectivity index (χ1) is 5.86. The van der Waals surface area contributed by atoms with Gasteiger partial charge in [-0.15, -0.1) is 6.42 Å². The van der Waals surface area contributed by atoms with Crippen molar-refractivity contribution in [1.29, 1.82) is 0 Å². The normalized spacial score (nSPS) is 26.2. The Bertz CT molecular complexity index is 156. The van der Waals surface area contributed by atoms with Crippen LogP contribution in [0.25, 0.3) is 0 Å². The summed E-state index contributed by atoms with van der Waals surface area (Å²) in [7, 11) is 0. The van der Waals surface area contributed by atoms with Gasteiger partial charge in [0.2, 0.25) is 0 Å². The van der Waals surface area contributed by atoms with E-state index in [9.17, 15) is 0 Å². The predicted molar refractivity (Wildman–Crippen MR) is 44.4 cm³/mol. The number of hydrogen-bond acceptors (Lipinski definition) is 3. The first kappa shape index (κ1) is 9.53. The molecular weight excluding hydrogens is 156 g/mol. The van der Waals surface area contributed by atoms with E-state index in [0.717, 1.165) is 25.9 Å². The fourth-order valence-corrected chi connectivity index (χ4v) is 1.14. The number of aliphatic hydroxyl groups excluding tert-OH is 1.